The first kappa shape index (κ1) is 23.2. The predicted molar refractivity (Wildman–Crippen MR) is 107 cm³/mol. The van der Waals surface area contributed by atoms with Crippen LogP contribution in [0.5, 0.6) is 5.88 Å². The van der Waals surface area contributed by atoms with Crippen molar-refractivity contribution in [1.29, 1.82) is 0 Å². The fourth-order valence-electron chi connectivity index (χ4n) is 2.52. The minimum atomic E-state index is -0.918. The van der Waals surface area contributed by atoms with Crippen molar-refractivity contribution in [2.24, 2.45) is 5.73 Å². The highest BCUT2D eigenvalue weighted by Crippen LogP contribution is 2.31. The quantitative estimate of drug-likeness (QED) is 0.729. The molecule has 1 saturated heterocycles. The van der Waals surface area contributed by atoms with Gasteiger partial charge in [0.05, 0.1) is 35.4 Å². The molecular formula is C17H20Cl4N2O3. The van der Waals surface area contributed by atoms with E-state index in [0.717, 1.165) is 6.42 Å². The summed E-state index contributed by atoms with van der Waals surface area (Å²) in [5, 5.41) is 11.3. The number of halogens is 4. The third-order valence-corrected chi connectivity index (χ3v) is 4.68. The standard InChI is InChI=1S/C17H18Cl2N2O3.2ClH/c18-13-3-1-10(7-14(13)19)16(20)17(22)11-2-4-15(21-8-11)24-12-5-6-23-9-12;;/h1-4,7-8,12,16-17,22H,5-6,9,20H2;2*1H/t12?,16-,17+;;/m0../s1. The van der Waals surface area contributed by atoms with Gasteiger partial charge in [0.15, 0.2) is 0 Å². The van der Waals surface area contributed by atoms with Gasteiger partial charge in [0.2, 0.25) is 5.88 Å². The van der Waals surface area contributed by atoms with Crippen LogP contribution in [-0.4, -0.2) is 29.4 Å². The molecule has 9 heteroatoms. The minimum absolute atomic E-state index is 0. The number of nitrogens with zero attached hydrogens (tertiary/aromatic N) is 1. The molecule has 2 heterocycles. The van der Waals surface area contributed by atoms with Gasteiger partial charge in [0.1, 0.15) is 6.10 Å². The van der Waals surface area contributed by atoms with Gasteiger partial charge in [-0.2, -0.15) is 0 Å². The molecule has 0 amide bonds. The van der Waals surface area contributed by atoms with Crippen LogP contribution in [0.15, 0.2) is 36.5 Å². The molecule has 3 rings (SSSR count). The maximum atomic E-state index is 10.5. The fraction of sp³-hybridized carbons (Fsp3) is 0.353. The van der Waals surface area contributed by atoms with Crippen molar-refractivity contribution in [2.45, 2.75) is 24.7 Å². The average Bonchev–Trinajstić information content (AvgIpc) is 3.10. The maximum absolute atomic E-state index is 10.5. The van der Waals surface area contributed by atoms with E-state index < -0.39 is 12.1 Å². The lowest BCUT2D eigenvalue weighted by molar-refractivity contribution is 0.136. The monoisotopic (exact) mass is 440 g/mol. The Bertz CT molecular complexity index is 697. The second kappa shape index (κ2) is 10.5. The van der Waals surface area contributed by atoms with E-state index in [-0.39, 0.29) is 30.9 Å². The number of pyridine rings is 1. The van der Waals surface area contributed by atoms with Crippen LogP contribution >= 0.6 is 48.0 Å². The number of hydrogen-bond acceptors (Lipinski definition) is 5. The van der Waals surface area contributed by atoms with E-state index in [0.29, 0.717) is 40.3 Å². The highest BCUT2D eigenvalue weighted by molar-refractivity contribution is 6.42. The molecule has 3 N–H and O–H groups in total. The van der Waals surface area contributed by atoms with E-state index in [1.54, 1.807) is 36.5 Å². The van der Waals surface area contributed by atoms with E-state index >= 15 is 0 Å². The van der Waals surface area contributed by atoms with E-state index in [1.165, 1.54) is 0 Å². The number of nitrogens with two attached hydrogens (primary N) is 1. The number of aromatic nitrogens is 1. The van der Waals surface area contributed by atoms with E-state index in [9.17, 15) is 5.11 Å². The third kappa shape index (κ3) is 5.60. The summed E-state index contributed by atoms with van der Waals surface area (Å²) in [5.74, 6) is 0.504. The molecule has 5 nitrogen and oxygen atoms in total. The van der Waals surface area contributed by atoms with E-state index in [1.807, 2.05) is 0 Å². The van der Waals surface area contributed by atoms with Gasteiger partial charge in [-0.25, -0.2) is 4.98 Å². The Morgan fingerprint density at radius 3 is 2.46 bits per heavy atom. The summed E-state index contributed by atoms with van der Waals surface area (Å²) >= 11 is 11.9. The van der Waals surface area contributed by atoms with Gasteiger partial charge in [0.25, 0.3) is 0 Å². The summed E-state index contributed by atoms with van der Waals surface area (Å²) in [6, 6.07) is 7.88. The second-order valence-electron chi connectivity index (χ2n) is 5.68. The Morgan fingerprint density at radius 1 is 1.15 bits per heavy atom. The van der Waals surface area contributed by atoms with Crippen molar-refractivity contribution < 1.29 is 14.6 Å². The van der Waals surface area contributed by atoms with Crippen LogP contribution in [0.3, 0.4) is 0 Å². The molecule has 2 aromatic rings. The zero-order valence-electron chi connectivity index (χ0n) is 13.7. The lowest BCUT2D eigenvalue weighted by atomic mass is 9.98. The largest absolute Gasteiger partial charge is 0.472 e. The summed E-state index contributed by atoms with van der Waals surface area (Å²) in [7, 11) is 0. The van der Waals surface area contributed by atoms with Crippen molar-refractivity contribution in [3.8, 4) is 5.88 Å². The Balaban J connectivity index is 0.00000169. The molecule has 0 spiro atoms. The van der Waals surface area contributed by atoms with Crippen molar-refractivity contribution in [1.82, 2.24) is 4.98 Å². The molecule has 144 valence electrons. The summed E-state index contributed by atoms with van der Waals surface area (Å²) in [5.41, 5.74) is 7.43. The van der Waals surface area contributed by atoms with Crippen LogP contribution in [0, 0.1) is 0 Å². The molecule has 1 aromatic heterocycles. The molecule has 3 atom stereocenters. The molecule has 1 aliphatic rings. The molecule has 0 radical (unpaired) electrons. The molecular weight excluding hydrogens is 422 g/mol. The highest BCUT2D eigenvalue weighted by Gasteiger charge is 2.21. The number of ether oxygens (including phenoxy) is 2. The van der Waals surface area contributed by atoms with Gasteiger partial charge < -0.3 is 20.3 Å². The second-order valence-corrected chi connectivity index (χ2v) is 6.49. The summed E-state index contributed by atoms with van der Waals surface area (Å²) in [6.45, 7) is 1.29. The van der Waals surface area contributed by atoms with Crippen molar-refractivity contribution in [3.63, 3.8) is 0 Å². The zero-order chi connectivity index (χ0) is 17.1. The first-order valence-electron chi connectivity index (χ1n) is 7.63. The van der Waals surface area contributed by atoms with Gasteiger partial charge in [-0.1, -0.05) is 29.3 Å². The SMILES string of the molecule is Cl.Cl.N[C@@H](c1ccc(Cl)c(Cl)c1)[C@H](O)c1ccc(OC2CCOC2)nc1. The smallest absolute Gasteiger partial charge is 0.213 e. The normalized spacial score (nSPS) is 18.4. The van der Waals surface area contributed by atoms with Crippen LogP contribution in [-0.2, 0) is 4.74 Å². The number of benzene rings is 1. The summed E-state index contributed by atoms with van der Waals surface area (Å²) < 4.78 is 11.0. The number of rotatable bonds is 5. The van der Waals surface area contributed by atoms with Crippen LogP contribution in [0.25, 0.3) is 0 Å². The molecule has 0 aliphatic carbocycles. The van der Waals surface area contributed by atoms with Crippen molar-refractivity contribution in [3.05, 3.63) is 57.7 Å². The Hall–Kier alpha value is -0.790. The van der Waals surface area contributed by atoms with Gasteiger partial charge in [0, 0.05) is 24.2 Å². The molecule has 1 aliphatic heterocycles. The van der Waals surface area contributed by atoms with Crippen LogP contribution < -0.4 is 10.5 Å². The fourth-order valence-corrected chi connectivity index (χ4v) is 2.83. The first-order valence-corrected chi connectivity index (χ1v) is 8.39. The average molecular weight is 442 g/mol. The predicted octanol–water partition coefficient (Wildman–Crippen LogP) is 4.13. The lowest BCUT2D eigenvalue weighted by Gasteiger charge is -2.20. The van der Waals surface area contributed by atoms with Crippen molar-refractivity contribution >= 4 is 48.0 Å². The zero-order valence-corrected chi connectivity index (χ0v) is 16.8. The third-order valence-electron chi connectivity index (χ3n) is 3.94. The molecule has 0 bridgehead atoms. The van der Waals surface area contributed by atoms with Crippen LogP contribution in [0.4, 0.5) is 0 Å². The summed E-state index contributed by atoms with van der Waals surface area (Å²) in [6.07, 6.45) is 1.53. The molecule has 1 fully saturated rings. The number of aliphatic hydroxyl groups excluding tert-OH is 1. The van der Waals surface area contributed by atoms with Gasteiger partial charge in [-0.3, -0.25) is 0 Å². The Labute approximate surface area is 174 Å². The Kier molecular flexibility index (Phi) is 9.41. The number of hydrogen-bond donors (Lipinski definition) is 2. The topological polar surface area (TPSA) is 77.6 Å². The van der Waals surface area contributed by atoms with Gasteiger partial charge in [-0.05, 0) is 23.8 Å². The van der Waals surface area contributed by atoms with E-state index in [2.05, 4.69) is 4.98 Å². The summed E-state index contributed by atoms with van der Waals surface area (Å²) in [4.78, 5) is 4.23. The van der Waals surface area contributed by atoms with Crippen LogP contribution in [0.1, 0.15) is 29.7 Å². The highest BCUT2D eigenvalue weighted by atomic mass is 35.5. The minimum Gasteiger partial charge on any atom is -0.472 e. The molecule has 1 aromatic carbocycles. The molecule has 1 unspecified atom stereocenters. The Morgan fingerprint density at radius 2 is 1.88 bits per heavy atom. The van der Waals surface area contributed by atoms with E-state index in [4.69, 9.17) is 38.4 Å². The van der Waals surface area contributed by atoms with Gasteiger partial charge in [-0.15, -0.1) is 24.8 Å². The number of aliphatic hydroxyl groups is 1. The van der Waals surface area contributed by atoms with Gasteiger partial charge >= 0.3 is 0 Å². The maximum Gasteiger partial charge on any atom is 0.213 e. The van der Waals surface area contributed by atoms with Crippen LogP contribution in [0.2, 0.25) is 10.0 Å². The first-order chi connectivity index (χ1) is 11.5. The van der Waals surface area contributed by atoms with Crippen molar-refractivity contribution in [2.75, 3.05) is 13.2 Å². The molecule has 26 heavy (non-hydrogen) atoms. The molecule has 0 saturated carbocycles. The lowest BCUT2D eigenvalue weighted by Crippen LogP contribution is -2.20.